The first-order valence-electron chi connectivity index (χ1n) is 12.3. The molecule has 0 aromatic heterocycles. The molecule has 2 aliphatic carbocycles. The molecular weight excluding hydrogens is 433 g/mol. The minimum absolute atomic E-state index is 0.0903. The minimum atomic E-state index is -1.52. The van der Waals surface area contributed by atoms with E-state index in [0.29, 0.717) is 0 Å². The van der Waals surface area contributed by atoms with Gasteiger partial charge in [-0.15, -0.1) is 5.11 Å². The largest absolute Gasteiger partial charge is 0.484 e. The molecule has 1 unspecified atom stereocenters. The first-order valence-corrected chi connectivity index (χ1v) is 12.3. The summed E-state index contributed by atoms with van der Waals surface area (Å²) in [6.07, 6.45) is 7.42. The Morgan fingerprint density at radius 2 is 1.31 bits per heavy atom. The van der Waals surface area contributed by atoms with Crippen LogP contribution in [0.5, 0.6) is 5.75 Å². The molecule has 3 aliphatic rings. The highest BCUT2D eigenvalue weighted by atomic mass is 16.5. The molecule has 164 valence electrons. The maximum absolute atomic E-state index is 6.65. The van der Waals surface area contributed by atoms with E-state index in [1.54, 1.807) is 0 Å². The molecular formula is C32H21B3O. The summed E-state index contributed by atoms with van der Waals surface area (Å²) in [5.74, 6) is 0.947. The van der Waals surface area contributed by atoms with Crippen LogP contribution in [0.1, 0.15) is 28.7 Å². The molecule has 0 fully saturated rings. The van der Waals surface area contributed by atoms with Crippen molar-refractivity contribution in [3.8, 4) is 28.0 Å². The summed E-state index contributed by atoms with van der Waals surface area (Å²) in [6, 6.07) is 31.4. The molecule has 0 spiro atoms. The van der Waals surface area contributed by atoms with E-state index in [1.165, 1.54) is 11.1 Å². The number of para-hydroxylation sites is 1. The van der Waals surface area contributed by atoms with Crippen LogP contribution >= 0.6 is 0 Å². The molecule has 1 aliphatic heterocycles. The van der Waals surface area contributed by atoms with Gasteiger partial charge in [0.1, 0.15) is 11.9 Å². The fraction of sp³-hybridized carbons (Fsp3) is 0.125. The molecule has 0 bridgehead atoms. The zero-order chi connectivity index (χ0) is 24.5. The Morgan fingerprint density at radius 3 is 1.97 bits per heavy atom. The van der Waals surface area contributed by atoms with Crippen molar-refractivity contribution >= 4 is 29.1 Å². The van der Waals surface area contributed by atoms with Crippen molar-refractivity contribution in [1.29, 1.82) is 0 Å². The van der Waals surface area contributed by atoms with E-state index in [2.05, 4.69) is 85.0 Å². The maximum Gasteiger partial charge on any atom is 0.135 e. The number of fused-ring (bicyclic) bond motifs is 6. The third-order valence-electron chi connectivity index (χ3n) is 7.93. The third-order valence-corrected chi connectivity index (χ3v) is 7.93. The van der Waals surface area contributed by atoms with Crippen LogP contribution in [0.4, 0.5) is 0 Å². The summed E-state index contributed by atoms with van der Waals surface area (Å²) < 4.78 is 6.41. The summed E-state index contributed by atoms with van der Waals surface area (Å²) in [5.41, 5.74) is 8.93. The molecule has 6 radical (unpaired) electrons. The third kappa shape index (κ3) is 2.82. The molecule has 1 heterocycles. The zero-order valence-corrected chi connectivity index (χ0v) is 19.8. The Morgan fingerprint density at radius 1 is 0.694 bits per heavy atom. The first-order chi connectivity index (χ1) is 17.5. The predicted octanol–water partition coefficient (Wildman–Crippen LogP) is 6.35. The second-order valence-electron chi connectivity index (χ2n) is 9.93. The lowest BCUT2D eigenvalue weighted by Gasteiger charge is -2.46. The van der Waals surface area contributed by atoms with E-state index in [0.717, 1.165) is 51.1 Å². The fourth-order valence-corrected chi connectivity index (χ4v) is 6.41. The van der Waals surface area contributed by atoms with Crippen LogP contribution in [0.15, 0.2) is 109 Å². The van der Waals surface area contributed by atoms with Gasteiger partial charge in [-0.05, 0) is 33.4 Å². The van der Waals surface area contributed by atoms with Gasteiger partial charge in [-0.25, -0.2) is 0 Å². The number of benzene rings is 4. The molecule has 4 aromatic rings. The molecule has 0 amide bonds. The molecule has 36 heavy (non-hydrogen) atoms. The molecule has 0 N–H and O–H groups in total. The van der Waals surface area contributed by atoms with Crippen LogP contribution < -0.4 is 4.74 Å². The van der Waals surface area contributed by atoms with E-state index in [1.807, 2.05) is 24.3 Å². The number of rotatable bonds is 3. The predicted molar refractivity (Wildman–Crippen MR) is 150 cm³/mol. The van der Waals surface area contributed by atoms with Gasteiger partial charge >= 0.3 is 0 Å². The quantitative estimate of drug-likeness (QED) is 0.328. The van der Waals surface area contributed by atoms with Crippen molar-refractivity contribution < 1.29 is 4.74 Å². The van der Waals surface area contributed by atoms with Crippen LogP contribution in [-0.4, -0.2) is 29.6 Å². The highest BCUT2D eigenvalue weighted by molar-refractivity contribution is 6.60. The number of hydrogen-bond donors (Lipinski definition) is 0. The molecule has 1 atom stereocenters. The van der Waals surface area contributed by atoms with Crippen LogP contribution in [0, 0.1) is 0 Å². The Bertz CT molecular complexity index is 1530. The molecule has 0 saturated heterocycles. The van der Waals surface area contributed by atoms with Crippen LogP contribution in [0.2, 0.25) is 5.11 Å². The van der Waals surface area contributed by atoms with Gasteiger partial charge in [0.25, 0.3) is 0 Å². The Balaban J connectivity index is 1.39. The topological polar surface area (TPSA) is 9.23 Å². The summed E-state index contributed by atoms with van der Waals surface area (Å²) in [4.78, 5) is 0. The smallest absolute Gasteiger partial charge is 0.135 e. The normalized spacial score (nSPS) is 18.4. The number of ether oxygens (including phenoxy) is 1. The average molecular weight is 454 g/mol. The molecule has 1 nitrogen and oxygen atoms in total. The highest BCUT2D eigenvalue weighted by Gasteiger charge is 2.50. The Hall–Kier alpha value is -3.65. The molecule has 7 rings (SSSR count). The van der Waals surface area contributed by atoms with Crippen LogP contribution in [0.25, 0.3) is 27.8 Å². The van der Waals surface area contributed by atoms with E-state index in [-0.39, 0.29) is 6.10 Å². The number of allylic oxidation sites excluding steroid dienone is 2. The molecule has 0 saturated carbocycles. The minimum Gasteiger partial charge on any atom is -0.484 e. The highest BCUT2D eigenvalue weighted by Crippen LogP contribution is 2.60. The van der Waals surface area contributed by atoms with Crippen molar-refractivity contribution in [2.45, 2.75) is 23.1 Å². The second-order valence-corrected chi connectivity index (χ2v) is 9.93. The van der Waals surface area contributed by atoms with Crippen molar-refractivity contribution in [1.82, 2.24) is 0 Å². The number of hydrogen-bond acceptors (Lipinski definition) is 1. The second kappa shape index (κ2) is 7.67. The van der Waals surface area contributed by atoms with Crippen LogP contribution in [-0.2, 0) is 5.41 Å². The van der Waals surface area contributed by atoms with Gasteiger partial charge in [-0.1, -0.05) is 109 Å². The zero-order valence-electron chi connectivity index (χ0n) is 19.8. The van der Waals surface area contributed by atoms with Gasteiger partial charge in [-0.2, -0.15) is 0 Å². The summed E-state index contributed by atoms with van der Waals surface area (Å²) in [7, 11) is 20.0. The van der Waals surface area contributed by atoms with Crippen molar-refractivity contribution in [2.24, 2.45) is 0 Å². The lowest BCUT2D eigenvalue weighted by molar-refractivity contribution is 0.280. The van der Waals surface area contributed by atoms with Gasteiger partial charge < -0.3 is 4.74 Å². The first kappa shape index (κ1) is 21.6. The summed E-state index contributed by atoms with van der Waals surface area (Å²) in [6.45, 7) is 0. The van der Waals surface area contributed by atoms with E-state index in [4.69, 9.17) is 28.3 Å². The SMILES string of the molecule is [B]C([B])([B])C1(c2ccc(-c3cccc4c3OC3CC=CC=C43)cc2)c2ccccc2-c2ccccc21. The maximum atomic E-state index is 6.65. The average Bonchev–Trinajstić information content (AvgIpc) is 3.43. The molecule has 4 aromatic carbocycles. The van der Waals surface area contributed by atoms with E-state index in [9.17, 15) is 0 Å². The standard InChI is InChI=1S/C32H21B3O/c33-32(34,35)31(27-13-4-1-8-23(27)24-9-2-5-14-28(24)31)21-18-16-20(17-19-21)22-11-7-12-26-25-10-3-6-15-29(25)36-30(22)26/h1-14,16-19,29H,15H2. The Labute approximate surface area is 216 Å². The van der Waals surface area contributed by atoms with Gasteiger partial charge in [-0.3, -0.25) is 0 Å². The lowest BCUT2D eigenvalue weighted by Crippen LogP contribution is -2.42. The lowest BCUT2D eigenvalue weighted by atomic mass is 9.30. The van der Waals surface area contributed by atoms with Gasteiger partial charge in [0.2, 0.25) is 0 Å². The fourth-order valence-electron chi connectivity index (χ4n) is 6.41. The monoisotopic (exact) mass is 454 g/mol. The molecule has 4 heteroatoms. The van der Waals surface area contributed by atoms with Crippen molar-refractivity contribution in [3.05, 3.63) is 131 Å². The van der Waals surface area contributed by atoms with Gasteiger partial charge in [0.15, 0.2) is 0 Å². The van der Waals surface area contributed by atoms with Gasteiger partial charge in [0, 0.05) is 28.5 Å². The van der Waals surface area contributed by atoms with Gasteiger partial charge in [0.05, 0.1) is 23.5 Å². The Kier molecular flexibility index (Phi) is 4.61. The summed E-state index contributed by atoms with van der Waals surface area (Å²) >= 11 is 0. The van der Waals surface area contributed by atoms with E-state index >= 15 is 0 Å². The van der Waals surface area contributed by atoms with E-state index < -0.39 is 10.5 Å². The van der Waals surface area contributed by atoms with Crippen molar-refractivity contribution in [2.75, 3.05) is 0 Å². The van der Waals surface area contributed by atoms with Crippen molar-refractivity contribution in [3.63, 3.8) is 0 Å². The summed E-state index contributed by atoms with van der Waals surface area (Å²) in [5, 5.41) is -1.52. The van der Waals surface area contributed by atoms with Crippen LogP contribution in [0.3, 0.4) is 0 Å².